The molecule has 4 rings (SSSR count). The molecule has 9 heteroatoms. The highest BCUT2D eigenvalue weighted by atomic mass is 35.5. The minimum absolute atomic E-state index is 0.0856. The first-order valence-corrected chi connectivity index (χ1v) is 12.0. The number of anilines is 1. The normalized spacial score (nSPS) is 12.8. The third-order valence-electron chi connectivity index (χ3n) is 5.63. The molecule has 0 bridgehead atoms. The lowest BCUT2D eigenvalue weighted by Crippen LogP contribution is -2.38. The van der Waals surface area contributed by atoms with Crippen molar-refractivity contribution in [1.29, 1.82) is 0 Å². The van der Waals surface area contributed by atoms with Crippen molar-refractivity contribution in [3.05, 3.63) is 76.7 Å². The van der Waals surface area contributed by atoms with Crippen LogP contribution in [0, 0.1) is 5.92 Å². The molecule has 36 heavy (non-hydrogen) atoms. The number of Topliss-reactive ketones (excluding diaryl/α,β-unsaturated/α-hetero) is 1. The maximum atomic E-state index is 12.8. The predicted octanol–water partition coefficient (Wildman–Crippen LogP) is 4.90. The fourth-order valence-corrected chi connectivity index (χ4v) is 3.83. The molecule has 0 spiro atoms. The van der Waals surface area contributed by atoms with E-state index in [0.717, 1.165) is 6.42 Å². The van der Waals surface area contributed by atoms with Gasteiger partial charge in [0.25, 0.3) is 11.8 Å². The molecule has 8 nitrogen and oxygen atoms in total. The number of benzene rings is 2. The maximum absolute atomic E-state index is 12.8. The molecule has 3 aromatic rings. The van der Waals surface area contributed by atoms with Crippen molar-refractivity contribution in [2.24, 2.45) is 5.92 Å². The zero-order chi connectivity index (χ0) is 25.7. The average Bonchev–Trinajstić information content (AvgIpc) is 3.33. The lowest BCUT2D eigenvalue weighted by Gasteiger charge is -2.29. The first kappa shape index (κ1) is 25.3. The summed E-state index contributed by atoms with van der Waals surface area (Å²) in [6, 6.07) is 15.0. The summed E-state index contributed by atoms with van der Waals surface area (Å²) in [6.45, 7) is 4.45. The van der Waals surface area contributed by atoms with E-state index in [2.05, 4.69) is 19.2 Å². The number of carbonyl (C=O) groups excluding carboxylic acids is 3. The van der Waals surface area contributed by atoms with Crippen LogP contribution in [-0.2, 0) is 11.3 Å². The summed E-state index contributed by atoms with van der Waals surface area (Å²) in [5.41, 5.74) is 0.794. The van der Waals surface area contributed by atoms with E-state index in [1.54, 1.807) is 54.6 Å². The summed E-state index contributed by atoms with van der Waals surface area (Å²) in [5.74, 6) is 1.09. The second-order valence-electron chi connectivity index (χ2n) is 8.80. The Balaban J connectivity index is 1.46. The Morgan fingerprint density at radius 2 is 1.94 bits per heavy atom. The number of carbonyl (C=O) groups is 3. The van der Waals surface area contributed by atoms with Gasteiger partial charge in [0.05, 0.1) is 17.3 Å². The standard InChI is InChI=1S/C27H27ClN2O6/c1-17(2)11-12-29-27(33)25-10-8-19(36-25)14-30-21-13-18(7-9-24(21)35-16-26(30)32)22(31)15-34-23-6-4-3-5-20(23)28/h3-10,13,17H,11-12,14-16H2,1-2H3,(H,29,33). The molecule has 2 amide bonds. The van der Waals surface area contributed by atoms with Crippen LogP contribution in [0.2, 0.25) is 5.02 Å². The molecule has 1 N–H and O–H groups in total. The number of ketones is 1. The van der Waals surface area contributed by atoms with Crippen LogP contribution >= 0.6 is 11.6 Å². The first-order valence-electron chi connectivity index (χ1n) is 11.7. The van der Waals surface area contributed by atoms with Crippen molar-refractivity contribution in [2.45, 2.75) is 26.8 Å². The minimum Gasteiger partial charge on any atom is -0.484 e. The summed E-state index contributed by atoms with van der Waals surface area (Å²) in [4.78, 5) is 39.3. The van der Waals surface area contributed by atoms with E-state index in [1.807, 2.05) is 0 Å². The largest absolute Gasteiger partial charge is 0.484 e. The minimum atomic E-state index is -0.304. The molecule has 0 radical (unpaired) electrons. The fourth-order valence-electron chi connectivity index (χ4n) is 3.64. The summed E-state index contributed by atoms with van der Waals surface area (Å²) in [6.07, 6.45) is 0.864. The molecule has 0 saturated heterocycles. The molecule has 1 aromatic heterocycles. The molecule has 1 aliphatic heterocycles. The van der Waals surface area contributed by atoms with Crippen LogP contribution in [0.3, 0.4) is 0 Å². The number of fused-ring (bicyclic) bond motifs is 1. The number of para-hydroxylation sites is 1. The molecule has 0 aliphatic carbocycles. The number of nitrogens with one attached hydrogen (secondary N) is 1. The number of rotatable bonds is 10. The Bertz CT molecular complexity index is 1270. The maximum Gasteiger partial charge on any atom is 0.286 e. The van der Waals surface area contributed by atoms with Crippen LogP contribution in [0.5, 0.6) is 11.5 Å². The van der Waals surface area contributed by atoms with E-state index in [9.17, 15) is 14.4 Å². The highest BCUT2D eigenvalue weighted by molar-refractivity contribution is 6.32. The average molecular weight is 511 g/mol. The molecule has 0 atom stereocenters. The van der Waals surface area contributed by atoms with Crippen LogP contribution in [0.15, 0.2) is 59.0 Å². The monoisotopic (exact) mass is 510 g/mol. The predicted molar refractivity (Wildman–Crippen MR) is 135 cm³/mol. The quantitative estimate of drug-likeness (QED) is 0.390. The number of hydrogen-bond acceptors (Lipinski definition) is 6. The van der Waals surface area contributed by atoms with Gasteiger partial charge in [0.15, 0.2) is 24.8 Å². The number of halogens is 1. The van der Waals surface area contributed by atoms with Crippen molar-refractivity contribution in [2.75, 3.05) is 24.7 Å². The molecular weight excluding hydrogens is 484 g/mol. The molecule has 2 heterocycles. The van der Waals surface area contributed by atoms with E-state index < -0.39 is 0 Å². The van der Waals surface area contributed by atoms with E-state index in [1.165, 1.54) is 4.90 Å². The van der Waals surface area contributed by atoms with Gasteiger partial charge in [-0.2, -0.15) is 0 Å². The lowest BCUT2D eigenvalue weighted by molar-refractivity contribution is -0.121. The first-order chi connectivity index (χ1) is 17.3. The molecular formula is C27H27ClN2O6. The number of nitrogens with zero attached hydrogens (tertiary/aromatic N) is 1. The van der Waals surface area contributed by atoms with Crippen molar-refractivity contribution in [3.63, 3.8) is 0 Å². The Morgan fingerprint density at radius 3 is 2.72 bits per heavy atom. The van der Waals surface area contributed by atoms with E-state index in [4.69, 9.17) is 25.5 Å². The fraction of sp³-hybridized carbons (Fsp3) is 0.296. The van der Waals surface area contributed by atoms with Crippen LogP contribution in [0.25, 0.3) is 0 Å². The highest BCUT2D eigenvalue weighted by Gasteiger charge is 2.28. The second-order valence-corrected chi connectivity index (χ2v) is 9.20. The number of hydrogen-bond donors (Lipinski definition) is 1. The summed E-state index contributed by atoms with van der Waals surface area (Å²) < 4.78 is 16.8. The summed E-state index contributed by atoms with van der Waals surface area (Å²) in [5, 5.41) is 3.24. The Kier molecular flexibility index (Phi) is 7.95. The lowest BCUT2D eigenvalue weighted by atomic mass is 10.1. The van der Waals surface area contributed by atoms with E-state index in [-0.39, 0.29) is 43.1 Å². The molecule has 2 aromatic carbocycles. The van der Waals surface area contributed by atoms with Crippen LogP contribution in [-0.4, -0.2) is 37.4 Å². The van der Waals surface area contributed by atoms with Gasteiger partial charge in [-0.15, -0.1) is 0 Å². The van der Waals surface area contributed by atoms with Crippen molar-refractivity contribution in [3.8, 4) is 11.5 Å². The zero-order valence-corrected chi connectivity index (χ0v) is 20.8. The number of ether oxygens (including phenoxy) is 2. The Labute approximate surface area is 214 Å². The molecule has 0 unspecified atom stereocenters. The molecule has 0 saturated carbocycles. The van der Waals surface area contributed by atoms with Crippen molar-refractivity contribution < 1.29 is 28.3 Å². The van der Waals surface area contributed by atoms with E-state index in [0.29, 0.717) is 46.0 Å². The Hall–Kier alpha value is -3.78. The van der Waals surface area contributed by atoms with Gasteiger partial charge in [-0.25, -0.2) is 0 Å². The van der Waals surface area contributed by atoms with Gasteiger partial charge in [0.1, 0.15) is 17.3 Å². The molecule has 1 aliphatic rings. The van der Waals surface area contributed by atoms with Gasteiger partial charge in [-0.05, 0) is 54.8 Å². The summed E-state index contributed by atoms with van der Waals surface area (Å²) in [7, 11) is 0. The second kappa shape index (κ2) is 11.3. The Morgan fingerprint density at radius 1 is 1.14 bits per heavy atom. The topological polar surface area (TPSA) is 98.1 Å². The smallest absolute Gasteiger partial charge is 0.286 e. The summed E-state index contributed by atoms with van der Waals surface area (Å²) >= 11 is 6.09. The van der Waals surface area contributed by atoms with Gasteiger partial charge in [-0.3, -0.25) is 19.3 Å². The number of furan rings is 1. The van der Waals surface area contributed by atoms with Gasteiger partial charge in [0, 0.05) is 12.1 Å². The van der Waals surface area contributed by atoms with Gasteiger partial charge in [-0.1, -0.05) is 37.6 Å². The van der Waals surface area contributed by atoms with Gasteiger partial charge < -0.3 is 19.2 Å². The van der Waals surface area contributed by atoms with Gasteiger partial charge in [0.2, 0.25) is 0 Å². The van der Waals surface area contributed by atoms with Crippen molar-refractivity contribution >= 4 is 34.9 Å². The van der Waals surface area contributed by atoms with Crippen molar-refractivity contribution in [1.82, 2.24) is 5.32 Å². The number of amides is 2. The SMILES string of the molecule is CC(C)CCNC(=O)c1ccc(CN2C(=O)COc3ccc(C(=O)COc4ccccc4Cl)cc32)o1. The molecule has 188 valence electrons. The van der Waals surface area contributed by atoms with Crippen LogP contribution in [0.4, 0.5) is 5.69 Å². The third kappa shape index (κ3) is 6.07. The van der Waals surface area contributed by atoms with E-state index >= 15 is 0 Å². The zero-order valence-electron chi connectivity index (χ0n) is 20.1. The molecule has 0 fully saturated rings. The van der Waals surface area contributed by atoms with Crippen LogP contribution < -0.4 is 19.7 Å². The van der Waals surface area contributed by atoms with Crippen LogP contribution in [0.1, 0.15) is 46.9 Å². The highest BCUT2D eigenvalue weighted by Crippen LogP contribution is 2.34. The van der Waals surface area contributed by atoms with Gasteiger partial charge >= 0.3 is 0 Å². The third-order valence-corrected chi connectivity index (χ3v) is 5.94.